The summed E-state index contributed by atoms with van der Waals surface area (Å²) >= 11 is 0. The molecule has 1 aliphatic rings. The lowest BCUT2D eigenvalue weighted by molar-refractivity contribution is -0.171. The predicted octanol–water partition coefficient (Wildman–Crippen LogP) is 2.27. The Bertz CT molecular complexity index is 324. The number of hydrogen-bond acceptors (Lipinski definition) is 4. The minimum absolute atomic E-state index is 0.0782. The molecule has 0 N–H and O–H groups in total. The molecule has 4 heteroatoms. The molecule has 0 amide bonds. The first-order chi connectivity index (χ1) is 8.63. The molecule has 18 heavy (non-hydrogen) atoms. The van der Waals surface area contributed by atoms with Gasteiger partial charge in [-0.25, -0.2) is 0 Å². The molecule has 1 rings (SSSR count). The lowest BCUT2D eigenvalue weighted by Gasteiger charge is -2.37. The molecule has 0 spiro atoms. The lowest BCUT2D eigenvalue weighted by atomic mass is 9.69. The van der Waals surface area contributed by atoms with Crippen LogP contribution in [-0.4, -0.2) is 31.1 Å². The maximum Gasteiger partial charge on any atom is 0.322 e. The van der Waals surface area contributed by atoms with Crippen LogP contribution < -0.4 is 0 Å². The van der Waals surface area contributed by atoms with Crippen LogP contribution >= 0.6 is 0 Å². The standard InChI is InChI=1S/C14H22O4/c1-4-12(17-5-2)14(13(16)18-6-3)10-8-7-9-11(14)15/h4,12H,1,5-10H2,2-3H3. The van der Waals surface area contributed by atoms with E-state index in [0.29, 0.717) is 19.4 Å². The van der Waals surface area contributed by atoms with Gasteiger partial charge in [-0.15, -0.1) is 6.58 Å². The zero-order valence-electron chi connectivity index (χ0n) is 11.2. The van der Waals surface area contributed by atoms with Crippen molar-refractivity contribution in [3.8, 4) is 0 Å². The van der Waals surface area contributed by atoms with Gasteiger partial charge in [-0.05, 0) is 26.7 Å². The van der Waals surface area contributed by atoms with Crippen LogP contribution in [0.3, 0.4) is 0 Å². The number of Topliss-reactive ketones (excluding diaryl/α,β-unsaturated/α-hetero) is 1. The average molecular weight is 254 g/mol. The van der Waals surface area contributed by atoms with Crippen LogP contribution in [0, 0.1) is 5.41 Å². The smallest absolute Gasteiger partial charge is 0.322 e. The second kappa shape index (κ2) is 6.69. The highest BCUT2D eigenvalue weighted by Crippen LogP contribution is 2.39. The van der Waals surface area contributed by atoms with E-state index in [9.17, 15) is 9.59 Å². The Balaban J connectivity index is 3.09. The molecule has 0 aromatic heterocycles. The molecule has 102 valence electrons. The molecule has 1 saturated carbocycles. The number of ether oxygens (including phenoxy) is 2. The van der Waals surface area contributed by atoms with Gasteiger partial charge in [-0.1, -0.05) is 12.5 Å². The van der Waals surface area contributed by atoms with Gasteiger partial charge >= 0.3 is 5.97 Å². The first kappa shape index (κ1) is 14.9. The summed E-state index contributed by atoms with van der Waals surface area (Å²) in [7, 11) is 0. The Labute approximate surface area is 108 Å². The van der Waals surface area contributed by atoms with Crippen LogP contribution in [0.2, 0.25) is 0 Å². The Morgan fingerprint density at radius 1 is 1.44 bits per heavy atom. The molecular formula is C14H22O4. The van der Waals surface area contributed by atoms with E-state index in [2.05, 4.69) is 6.58 Å². The van der Waals surface area contributed by atoms with Crippen molar-refractivity contribution in [1.29, 1.82) is 0 Å². The minimum atomic E-state index is -1.17. The molecule has 2 unspecified atom stereocenters. The van der Waals surface area contributed by atoms with Crippen molar-refractivity contribution < 1.29 is 19.1 Å². The normalized spacial score (nSPS) is 25.6. The summed E-state index contributed by atoms with van der Waals surface area (Å²) in [5.41, 5.74) is -1.17. The third-order valence-corrected chi connectivity index (χ3v) is 3.41. The quantitative estimate of drug-likeness (QED) is 0.414. The lowest BCUT2D eigenvalue weighted by Crippen LogP contribution is -2.51. The van der Waals surface area contributed by atoms with E-state index >= 15 is 0 Å². The van der Waals surface area contributed by atoms with Crippen molar-refractivity contribution in [1.82, 2.24) is 0 Å². The van der Waals surface area contributed by atoms with Gasteiger partial charge in [0.25, 0.3) is 0 Å². The van der Waals surface area contributed by atoms with Crippen LogP contribution in [0.5, 0.6) is 0 Å². The number of esters is 1. The molecule has 2 atom stereocenters. The first-order valence-electron chi connectivity index (χ1n) is 6.58. The van der Waals surface area contributed by atoms with Crippen LogP contribution in [0.25, 0.3) is 0 Å². The third-order valence-electron chi connectivity index (χ3n) is 3.41. The van der Waals surface area contributed by atoms with Gasteiger partial charge in [-0.3, -0.25) is 9.59 Å². The fraction of sp³-hybridized carbons (Fsp3) is 0.714. The predicted molar refractivity (Wildman–Crippen MR) is 68.2 cm³/mol. The number of carbonyl (C=O) groups excluding carboxylic acids is 2. The SMILES string of the molecule is C=CC(OCC)C1(C(=O)OCC)CCCCC1=O. The molecule has 0 saturated heterocycles. The fourth-order valence-corrected chi connectivity index (χ4v) is 2.54. The number of rotatable bonds is 6. The van der Waals surface area contributed by atoms with Crippen LogP contribution in [0.1, 0.15) is 39.5 Å². The zero-order chi connectivity index (χ0) is 13.6. The van der Waals surface area contributed by atoms with E-state index in [4.69, 9.17) is 9.47 Å². The van der Waals surface area contributed by atoms with Crippen LogP contribution in [-0.2, 0) is 19.1 Å². The van der Waals surface area contributed by atoms with E-state index < -0.39 is 17.5 Å². The summed E-state index contributed by atoms with van der Waals surface area (Å²) in [6.45, 7) is 7.97. The molecule has 0 radical (unpaired) electrons. The van der Waals surface area contributed by atoms with Crippen molar-refractivity contribution in [2.45, 2.75) is 45.6 Å². The summed E-state index contributed by atoms with van der Waals surface area (Å²) in [4.78, 5) is 24.5. The summed E-state index contributed by atoms with van der Waals surface area (Å²) in [6.07, 6.45) is 3.52. The van der Waals surface area contributed by atoms with Gasteiger partial charge in [-0.2, -0.15) is 0 Å². The van der Waals surface area contributed by atoms with Crippen LogP contribution in [0.4, 0.5) is 0 Å². The minimum Gasteiger partial charge on any atom is -0.465 e. The van der Waals surface area contributed by atoms with Gasteiger partial charge in [0.15, 0.2) is 11.2 Å². The second-order valence-electron chi connectivity index (χ2n) is 4.43. The highest BCUT2D eigenvalue weighted by Gasteiger charge is 2.53. The van der Waals surface area contributed by atoms with E-state index in [1.807, 2.05) is 6.92 Å². The van der Waals surface area contributed by atoms with Gasteiger partial charge < -0.3 is 9.47 Å². The average Bonchev–Trinajstić information content (AvgIpc) is 2.37. The van der Waals surface area contributed by atoms with Gasteiger partial charge in [0.05, 0.1) is 12.7 Å². The monoisotopic (exact) mass is 254 g/mol. The van der Waals surface area contributed by atoms with Crippen LogP contribution in [0.15, 0.2) is 12.7 Å². The summed E-state index contributed by atoms with van der Waals surface area (Å²) in [5.74, 6) is -0.543. The summed E-state index contributed by atoms with van der Waals surface area (Å²) in [5, 5.41) is 0. The molecule has 1 aliphatic carbocycles. The largest absolute Gasteiger partial charge is 0.465 e. The number of ketones is 1. The Morgan fingerprint density at radius 2 is 2.17 bits per heavy atom. The van der Waals surface area contributed by atoms with Crippen molar-refractivity contribution in [2.24, 2.45) is 5.41 Å². The highest BCUT2D eigenvalue weighted by atomic mass is 16.5. The number of carbonyl (C=O) groups is 2. The molecule has 1 fully saturated rings. The maximum absolute atomic E-state index is 12.3. The van der Waals surface area contributed by atoms with E-state index in [0.717, 1.165) is 12.8 Å². The van der Waals surface area contributed by atoms with E-state index in [-0.39, 0.29) is 12.4 Å². The zero-order valence-corrected chi connectivity index (χ0v) is 11.2. The Morgan fingerprint density at radius 3 is 2.67 bits per heavy atom. The topological polar surface area (TPSA) is 52.6 Å². The van der Waals surface area contributed by atoms with Crippen molar-refractivity contribution in [2.75, 3.05) is 13.2 Å². The van der Waals surface area contributed by atoms with Gasteiger partial charge in [0.1, 0.15) is 0 Å². The fourth-order valence-electron chi connectivity index (χ4n) is 2.54. The molecule has 0 bridgehead atoms. The van der Waals surface area contributed by atoms with Gasteiger partial charge in [0.2, 0.25) is 0 Å². The highest BCUT2D eigenvalue weighted by molar-refractivity contribution is 6.05. The molecular weight excluding hydrogens is 232 g/mol. The maximum atomic E-state index is 12.3. The molecule has 0 heterocycles. The third kappa shape index (κ3) is 2.64. The summed E-state index contributed by atoms with van der Waals surface area (Å²) in [6, 6.07) is 0. The molecule has 0 aliphatic heterocycles. The first-order valence-corrected chi connectivity index (χ1v) is 6.58. The Kier molecular flexibility index (Phi) is 5.54. The molecule has 0 aromatic carbocycles. The number of hydrogen-bond donors (Lipinski definition) is 0. The van der Waals surface area contributed by atoms with Crippen molar-refractivity contribution in [3.05, 3.63) is 12.7 Å². The summed E-state index contributed by atoms with van der Waals surface area (Å²) < 4.78 is 10.6. The van der Waals surface area contributed by atoms with Crippen molar-refractivity contribution in [3.63, 3.8) is 0 Å². The van der Waals surface area contributed by atoms with E-state index in [1.165, 1.54) is 0 Å². The Hall–Kier alpha value is -1.16. The molecule has 0 aromatic rings. The second-order valence-corrected chi connectivity index (χ2v) is 4.43. The van der Waals surface area contributed by atoms with Crippen molar-refractivity contribution >= 4 is 11.8 Å². The molecule has 4 nitrogen and oxygen atoms in total. The van der Waals surface area contributed by atoms with E-state index in [1.54, 1.807) is 13.0 Å². The van der Waals surface area contributed by atoms with Gasteiger partial charge in [0, 0.05) is 13.0 Å².